The molecule has 0 saturated carbocycles. The van der Waals surface area contributed by atoms with Gasteiger partial charge in [0.25, 0.3) is 5.56 Å². The van der Waals surface area contributed by atoms with Gasteiger partial charge in [-0.05, 0) is 6.08 Å². The monoisotopic (exact) mass is 166 g/mol. The molecule has 0 spiro atoms. The van der Waals surface area contributed by atoms with Crippen LogP contribution in [-0.2, 0) is 11.3 Å². The molecule has 5 heteroatoms. The highest BCUT2D eigenvalue weighted by Crippen LogP contribution is 2.07. The molecular formula is C7H6N2O3. The van der Waals surface area contributed by atoms with E-state index in [1.165, 1.54) is 6.26 Å². The van der Waals surface area contributed by atoms with E-state index in [9.17, 15) is 9.59 Å². The average Bonchev–Trinajstić information content (AvgIpc) is 2.04. The number of fused-ring (bicyclic) bond motifs is 1. The zero-order valence-electron chi connectivity index (χ0n) is 6.09. The molecule has 12 heavy (non-hydrogen) atoms. The summed E-state index contributed by atoms with van der Waals surface area (Å²) in [5.74, 6) is 0. The minimum atomic E-state index is -0.495. The van der Waals surface area contributed by atoms with Crippen molar-refractivity contribution in [2.24, 2.45) is 0 Å². The normalized spacial score (nSPS) is 13.7. The van der Waals surface area contributed by atoms with Crippen molar-refractivity contribution in [1.82, 2.24) is 9.97 Å². The highest BCUT2D eigenvalue weighted by Gasteiger charge is 2.09. The van der Waals surface area contributed by atoms with Crippen LogP contribution in [0.25, 0.3) is 6.08 Å². The maximum Gasteiger partial charge on any atom is 0.326 e. The van der Waals surface area contributed by atoms with Crippen LogP contribution in [0, 0.1) is 0 Å². The lowest BCUT2D eigenvalue weighted by molar-refractivity contribution is 0.232. The molecule has 0 aromatic carbocycles. The predicted molar refractivity (Wildman–Crippen MR) is 41.5 cm³/mol. The molecule has 1 aliphatic rings. The summed E-state index contributed by atoms with van der Waals surface area (Å²) >= 11 is 0. The Kier molecular flexibility index (Phi) is 1.36. The van der Waals surface area contributed by atoms with Crippen molar-refractivity contribution in [2.75, 3.05) is 0 Å². The molecule has 1 aromatic rings. The largest absolute Gasteiger partial charge is 0.496 e. The Morgan fingerprint density at radius 2 is 2.17 bits per heavy atom. The zero-order chi connectivity index (χ0) is 8.55. The fourth-order valence-corrected chi connectivity index (χ4v) is 1.06. The van der Waals surface area contributed by atoms with Crippen molar-refractivity contribution in [3.8, 4) is 0 Å². The van der Waals surface area contributed by atoms with Gasteiger partial charge in [-0.1, -0.05) is 0 Å². The van der Waals surface area contributed by atoms with Crippen LogP contribution in [0.3, 0.4) is 0 Å². The molecular weight excluding hydrogens is 160 g/mol. The highest BCUT2D eigenvalue weighted by molar-refractivity contribution is 5.48. The fourth-order valence-electron chi connectivity index (χ4n) is 1.06. The summed E-state index contributed by atoms with van der Waals surface area (Å²) in [6, 6.07) is 0. The molecule has 0 unspecified atom stereocenters. The van der Waals surface area contributed by atoms with Gasteiger partial charge >= 0.3 is 5.69 Å². The van der Waals surface area contributed by atoms with Crippen molar-refractivity contribution in [2.45, 2.75) is 6.61 Å². The van der Waals surface area contributed by atoms with Crippen molar-refractivity contribution in [1.29, 1.82) is 0 Å². The Labute approximate surface area is 66.7 Å². The molecule has 2 N–H and O–H groups in total. The second kappa shape index (κ2) is 2.37. The van der Waals surface area contributed by atoms with Crippen LogP contribution in [0.5, 0.6) is 0 Å². The number of ether oxygens (including phenoxy) is 1. The summed E-state index contributed by atoms with van der Waals surface area (Å²) in [7, 11) is 0. The lowest BCUT2D eigenvalue weighted by Crippen LogP contribution is -2.28. The lowest BCUT2D eigenvalue weighted by atomic mass is 10.2. The summed E-state index contributed by atoms with van der Waals surface area (Å²) in [6.07, 6.45) is 2.99. The number of aromatic amines is 2. The van der Waals surface area contributed by atoms with Crippen LogP contribution in [0.1, 0.15) is 11.3 Å². The van der Waals surface area contributed by atoms with Crippen molar-refractivity contribution >= 4 is 6.08 Å². The van der Waals surface area contributed by atoms with E-state index in [0.29, 0.717) is 11.3 Å². The third-order valence-electron chi connectivity index (χ3n) is 1.63. The first kappa shape index (κ1) is 6.90. The molecule has 2 rings (SSSR count). The summed E-state index contributed by atoms with van der Waals surface area (Å²) in [6.45, 7) is 0.206. The first-order chi connectivity index (χ1) is 5.77. The predicted octanol–water partition coefficient (Wildman–Crippen LogP) is -0.436. The highest BCUT2D eigenvalue weighted by atomic mass is 16.5. The Hall–Kier alpha value is -1.78. The van der Waals surface area contributed by atoms with Crippen LogP contribution < -0.4 is 11.2 Å². The van der Waals surface area contributed by atoms with E-state index >= 15 is 0 Å². The third-order valence-corrected chi connectivity index (χ3v) is 1.63. The first-order valence-corrected chi connectivity index (χ1v) is 3.41. The number of aromatic nitrogens is 2. The number of rotatable bonds is 0. The summed E-state index contributed by atoms with van der Waals surface area (Å²) in [5.41, 5.74) is 0.0931. The van der Waals surface area contributed by atoms with E-state index in [0.717, 1.165) is 0 Å². The van der Waals surface area contributed by atoms with Gasteiger partial charge in [0.1, 0.15) is 6.61 Å². The second-order valence-corrected chi connectivity index (χ2v) is 2.41. The molecule has 5 nitrogen and oxygen atoms in total. The van der Waals surface area contributed by atoms with E-state index in [-0.39, 0.29) is 6.61 Å². The Balaban J connectivity index is 2.79. The van der Waals surface area contributed by atoms with E-state index in [1.807, 2.05) is 0 Å². The van der Waals surface area contributed by atoms with Gasteiger partial charge in [0, 0.05) is 0 Å². The van der Waals surface area contributed by atoms with Gasteiger partial charge < -0.3 is 9.72 Å². The molecule has 1 aliphatic heterocycles. The van der Waals surface area contributed by atoms with Gasteiger partial charge in [0.15, 0.2) is 0 Å². The molecule has 0 radical (unpaired) electrons. The van der Waals surface area contributed by atoms with Gasteiger partial charge in [-0.15, -0.1) is 0 Å². The van der Waals surface area contributed by atoms with Crippen LogP contribution in [-0.4, -0.2) is 9.97 Å². The average molecular weight is 166 g/mol. The molecule has 2 heterocycles. The molecule has 0 aliphatic carbocycles. The van der Waals surface area contributed by atoms with E-state index in [1.54, 1.807) is 6.08 Å². The third kappa shape index (κ3) is 0.952. The standard InChI is InChI=1S/C7H6N2O3/c10-6-4-3-12-2-1-5(4)8-7(11)9-6/h1-2H,3H2,(H2,8,9,10,11). The van der Waals surface area contributed by atoms with Gasteiger partial charge in [-0.2, -0.15) is 0 Å². The van der Waals surface area contributed by atoms with Gasteiger partial charge in [0.05, 0.1) is 17.5 Å². The van der Waals surface area contributed by atoms with Crippen LogP contribution >= 0.6 is 0 Å². The minimum Gasteiger partial charge on any atom is -0.496 e. The SMILES string of the molecule is O=c1[nH]c2c(c(=O)[nH]1)COC=C2. The number of hydrogen-bond acceptors (Lipinski definition) is 3. The quantitative estimate of drug-likeness (QED) is 0.548. The van der Waals surface area contributed by atoms with Crippen molar-refractivity contribution in [3.63, 3.8) is 0 Å². The molecule has 1 aromatic heterocycles. The molecule has 0 saturated heterocycles. The maximum atomic E-state index is 11.1. The molecule has 0 atom stereocenters. The van der Waals surface area contributed by atoms with Gasteiger partial charge in [-0.3, -0.25) is 9.78 Å². The van der Waals surface area contributed by atoms with E-state index in [4.69, 9.17) is 4.74 Å². The Morgan fingerprint density at radius 1 is 1.33 bits per heavy atom. The smallest absolute Gasteiger partial charge is 0.326 e. The first-order valence-electron chi connectivity index (χ1n) is 3.41. The molecule has 62 valence electrons. The number of H-pyrrole nitrogens is 2. The van der Waals surface area contributed by atoms with Crippen LogP contribution in [0.15, 0.2) is 15.9 Å². The Morgan fingerprint density at radius 3 is 3.00 bits per heavy atom. The van der Waals surface area contributed by atoms with Gasteiger partial charge in [-0.25, -0.2) is 4.79 Å². The number of nitrogens with one attached hydrogen (secondary N) is 2. The molecule has 0 fully saturated rings. The molecule has 0 bridgehead atoms. The zero-order valence-corrected chi connectivity index (χ0v) is 6.09. The number of hydrogen-bond donors (Lipinski definition) is 2. The molecule has 0 amide bonds. The van der Waals surface area contributed by atoms with E-state index < -0.39 is 11.2 Å². The Bertz CT molecular complexity index is 441. The lowest BCUT2D eigenvalue weighted by Gasteiger charge is -2.08. The minimum absolute atomic E-state index is 0.206. The van der Waals surface area contributed by atoms with Crippen LogP contribution in [0.2, 0.25) is 0 Å². The topological polar surface area (TPSA) is 75.0 Å². The summed E-state index contributed by atoms with van der Waals surface area (Å²) in [5, 5.41) is 0. The summed E-state index contributed by atoms with van der Waals surface area (Å²) < 4.78 is 4.89. The van der Waals surface area contributed by atoms with Crippen molar-refractivity contribution < 1.29 is 4.74 Å². The van der Waals surface area contributed by atoms with Crippen LogP contribution in [0.4, 0.5) is 0 Å². The van der Waals surface area contributed by atoms with Gasteiger partial charge in [0.2, 0.25) is 0 Å². The van der Waals surface area contributed by atoms with Crippen molar-refractivity contribution in [3.05, 3.63) is 38.4 Å². The maximum absolute atomic E-state index is 11.1. The second-order valence-electron chi connectivity index (χ2n) is 2.41. The summed E-state index contributed by atoms with van der Waals surface area (Å²) in [4.78, 5) is 26.5. The van der Waals surface area contributed by atoms with E-state index in [2.05, 4.69) is 9.97 Å². The fraction of sp³-hybridized carbons (Fsp3) is 0.143.